The molecule has 0 unspecified atom stereocenters. The predicted molar refractivity (Wildman–Crippen MR) is 164 cm³/mol. The van der Waals surface area contributed by atoms with Gasteiger partial charge in [0.1, 0.15) is 17.6 Å². The summed E-state index contributed by atoms with van der Waals surface area (Å²) < 4.78 is 30.7. The molecule has 0 bridgehead atoms. The van der Waals surface area contributed by atoms with Crippen LogP contribution in [0.25, 0.3) is 0 Å². The highest BCUT2D eigenvalue weighted by molar-refractivity contribution is 6.61. The van der Waals surface area contributed by atoms with E-state index in [2.05, 4.69) is 50.2 Å². The number of fused-ring (bicyclic) bond motifs is 1. The molecule has 2 aliphatic heterocycles. The van der Waals surface area contributed by atoms with Gasteiger partial charge in [0.2, 0.25) is 0 Å². The zero-order valence-electron chi connectivity index (χ0n) is 25.0. The van der Waals surface area contributed by atoms with Crippen LogP contribution in [0.2, 0.25) is 0 Å². The first-order valence-corrected chi connectivity index (χ1v) is 16.1. The standard InChI is InChI=1S/C34H51BO5/c1-3-5-7-9-10-11-12-14-26-36-30-19-15-28(16-20-30)32-23-24-33-34(39-32)27-38-35(40-33)29-17-21-31(22-18-29)37-25-13-8-6-4-2/h15-22,32-34H,3-14,23-27H2,1-2H3/t32-,33+,34-/m1/s1. The van der Waals surface area contributed by atoms with Crippen LogP contribution < -0.4 is 14.9 Å². The molecule has 6 heteroatoms. The zero-order chi connectivity index (χ0) is 27.8. The van der Waals surface area contributed by atoms with Gasteiger partial charge in [-0.05, 0) is 61.0 Å². The summed E-state index contributed by atoms with van der Waals surface area (Å²) >= 11 is 0. The summed E-state index contributed by atoms with van der Waals surface area (Å²) in [6.45, 7) is 6.60. The average Bonchev–Trinajstić information content (AvgIpc) is 3.00. The van der Waals surface area contributed by atoms with Crippen LogP contribution in [0.1, 0.15) is 115 Å². The third-order valence-corrected chi connectivity index (χ3v) is 8.11. The molecule has 2 aromatic carbocycles. The summed E-state index contributed by atoms with van der Waals surface area (Å²) in [5.41, 5.74) is 2.23. The molecule has 0 aromatic heterocycles. The Morgan fingerprint density at radius 3 is 1.82 bits per heavy atom. The number of hydrogen-bond donors (Lipinski definition) is 0. The van der Waals surface area contributed by atoms with Crippen LogP contribution in [0, 0.1) is 0 Å². The van der Waals surface area contributed by atoms with Gasteiger partial charge in [0.25, 0.3) is 0 Å². The molecule has 40 heavy (non-hydrogen) atoms. The Balaban J connectivity index is 1.13. The largest absolute Gasteiger partial charge is 0.494 e. The summed E-state index contributed by atoms with van der Waals surface area (Å²) in [7, 11) is -0.350. The summed E-state index contributed by atoms with van der Waals surface area (Å²) in [5.74, 6) is 1.85. The number of unbranched alkanes of at least 4 members (excludes halogenated alkanes) is 10. The molecule has 0 radical (unpaired) electrons. The lowest BCUT2D eigenvalue weighted by Gasteiger charge is -2.41. The van der Waals surface area contributed by atoms with E-state index >= 15 is 0 Å². The first kappa shape index (κ1) is 30.9. The Morgan fingerprint density at radius 1 is 0.650 bits per heavy atom. The number of benzene rings is 2. The van der Waals surface area contributed by atoms with Gasteiger partial charge in [-0.25, -0.2) is 0 Å². The fourth-order valence-corrected chi connectivity index (χ4v) is 5.62. The number of ether oxygens (including phenoxy) is 3. The van der Waals surface area contributed by atoms with Crippen molar-refractivity contribution in [2.24, 2.45) is 0 Å². The van der Waals surface area contributed by atoms with Crippen LogP contribution in [0.15, 0.2) is 48.5 Å². The maximum absolute atomic E-state index is 6.44. The van der Waals surface area contributed by atoms with Gasteiger partial charge in [-0.1, -0.05) is 102 Å². The van der Waals surface area contributed by atoms with Crippen molar-refractivity contribution < 1.29 is 23.5 Å². The first-order valence-electron chi connectivity index (χ1n) is 16.1. The lowest BCUT2D eigenvalue weighted by molar-refractivity contribution is -0.150. The van der Waals surface area contributed by atoms with Gasteiger partial charge in [0.15, 0.2) is 0 Å². The minimum Gasteiger partial charge on any atom is -0.494 e. The van der Waals surface area contributed by atoms with Gasteiger partial charge in [-0.2, -0.15) is 0 Å². The molecule has 0 amide bonds. The molecule has 0 aliphatic carbocycles. The first-order chi connectivity index (χ1) is 19.8. The molecule has 2 saturated heterocycles. The molecular weight excluding hydrogens is 499 g/mol. The summed E-state index contributed by atoms with van der Waals surface area (Å²) in [6.07, 6.45) is 17.3. The van der Waals surface area contributed by atoms with Crippen molar-refractivity contribution >= 4 is 12.6 Å². The predicted octanol–water partition coefficient (Wildman–Crippen LogP) is 8.20. The summed E-state index contributed by atoms with van der Waals surface area (Å²) in [4.78, 5) is 0. The van der Waals surface area contributed by atoms with Gasteiger partial charge in [-0.3, -0.25) is 0 Å². The highest BCUT2D eigenvalue weighted by Crippen LogP contribution is 2.35. The third-order valence-electron chi connectivity index (χ3n) is 8.11. The van der Waals surface area contributed by atoms with Crippen molar-refractivity contribution in [2.45, 2.75) is 122 Å². The van der Waals surface area contributed by atoms with Crippen molar-refractivity contribution in [1.29, 1.82) is 0 Å². The lowest BCUT2D eigenvalue weighted by Crippen LogP contribution is -2.54. The fraction of sp³-hybridized carbons (Fsp3) is 0.647. The second-order valence-electron chi connectivity index (χ2n) is 11.5. The molecule has 3 atom stereocenters. The van der Waals surface area contributed by atoms with E-state index in [1.54, 1.807) is 0 Å². The van der Waals surface area contributed by atoms with E-state index in [4.69, 9.17) is 23.5 Å². The Bertz CT molecular complexity index is 934. The van der Waals surface area contributed by atoms with E-state index in [9.17, 15) is 0 Å². The van der Waals surface area contributed by atoms with Crippen molar-refractivity contribution in [3.05, 3.63) is 54.1 Å². The molecule has 2 fully saturated rings. The molecule has 0 spiro atoms. The topological polar surface area (TPSA) is 46.2 Å². The van der Waals surface area contributed by atoms with Crippen molar-refractivity contribution in [3.63, 3.8) is 0 Å². The van der Waals surface area contributed by atoms with Crippen LogP contribution in [-0.4, -0.2) is 39.1 Å². The molecule has 2 aromatic rings. The molecule has 5 nitrogen and oxygen atoms in total. The maximum Gasteiger partial charge on any atom is 0.494 e. The molecule has 4 rings (SSSR count). The summed E-state index contributed by atoms with van der Waals surface area (Å²) in [5, 5.41) is 0. The molecule has 220 valence electrons. The SMILES string of the molecule is CCCCCCCCCCOc1ccc([C@H]2CC[C@@H]3OB(c4ccc(OCCCCCC)cc4)OC[C@H]3O2)cc1. The molecular formula is C34H51BO5. The lowest BCUT2D eigenvalue weighted by atomic mass is 9.76. The van der Waals surface area contributed by atoms with Gasteiger partial charge in [0, 0.05) is 0 Å². The molecule has 0 saturated carbocycles. The van der Waals surface area contributed by atoms with Crippen LogP contribution in [0.5, 0.6) is 11.5 Å². The fourth-order valence-electron chi connectivity index (χ4n) is 5.62. The van der Waals surface area contributed by atoms with Gasteiger partial charge >= 0.3 is 7.12 Å². The monoisotopic (exact) mass is 550 g/mol. The van der Waals surface area contributed by atoms with Crippen molar-refractivity contribution in [3.8, 4) is 11.5 Å². The minimum absolute atomic E-state index is 0.0429. The summed E-state index contributed by atoms with van der Waals surface area (Å²) in [6, 6.07) is 16.6. The quantitative estimate of drug-likeness (QED) is 0.138. The van der Waals surface area contributed by atoms with Crippen LogP contribution in [-0.2, 0) is 14.0 Å². The van der Waals surface area contributed by atoms with Crippen molar-refractivity contribution in [1.82, 2.24) is 0 Å². The van der Waals surface area contributed by atoms with Crippen LogP contribution >= 0.6 is 0 Å². The Morgan fingerprint density at radius 2 is 1.20 bits per heavy atom. The maximum atomic E-state index is 6.44. The highest BCUT2D eigenvalue weighted by atomic mass is 16.6. The molecule has 2 heterocycles. The van der Waals surface area contributed by atoms with E-state index in [-0.39, 0.29) is 25.4 Å². The highest BCUT2D eigenvalue weighted by Gasteiger charge is 2.41. The van der Waals surface area contributed by atoms with E-state index in [0.29, 0.717) is 6.61 Å². The second-order valence-corrected chi connectivity index (χ2v) is 11.5. The number of hydrogen-bond acceptors (Lipinski definition) is 5. The Labute approximate surface area is 243 Å². The van der Waals surface area contributed by atoms with E-state index < -0.39 is 0 Å². The van der Waals surface area contributed by atoms with Gasteiger partial charge in [0.05, 0.1) is 32.0 Å². The molecule has 2 aliphatic rings. The van der Waals surface area contributed by atoms with E-state index in [0.717, 1.165) is 55.9 Å². The van der Waals surface area contributed by atoms with Crippen LogP contribution in [0.4, 0.5) is 0 Å². The Hall–Kier alpha value is -2.02. The van der Waals surface area contributed by atoms with Crippen LogP contribution in [0.3, 0.4) is 0 Å². The van der Waals surface area contributed by atoms with Crippen molar-refractivity contribution in [2.75, 3.05) is 19.8 Å². The smallest absolute Gasteiger partial charge is 0.494 e. The van der Waals surface area contributed by atoms with Gasteiger partial charge < -0.3 is 23.5 Å². The van der Waals surface area contributed by atoms with E-state index in [1.165, 1.54) is 69.8 Å². The van der Waals surface area contributed by atoms with Gasteiger partial charge in [-0.15, -0.1) is 0 Å². The molecule has 0 N–H and O–H groups in total. The zero-order valence-corrected chi connectivity index (χ0v) is 25.0. The second kappa shape index (κ2) is 17.7. The normalized spacial score (nSPS) is 20.8. The minimum atomic E-state index is -0.350. The average molecular weight is 551 g/mol. The number of rotatable bonds is 18. The Kier molecular flexibility index (Phi) is 13.7. The van der Waals surface area contributed by atoms with E-state index in [1.807, 2.05) is 12.1 Å². The third kappa shape index (κ3) is 10.1.